The van der Waals surface area contributed by atoms with Crippen molar-refractivity contribution in [3.8, 4) is 0 Å². The predicted molar refractivity (Wildman–Crippen MR) is 90.0 cm³/mol. The first-order valence-corrected chi connectivity index (χ1v) is 8.56. The average molecular weight is 321 g/mol. The number of benzene rings is 1. The van der Waals surface area contributed by atoms with Gasteiger partial charge in [0, 0.05) is 30.7 Å². The van der Waals surface area contributed by atoms with Crippen molar-refractivity contribution in [2.45, 2.75) is 30.6 Å². The van der Waals surface area contributed by atoms with Gasteiger partial charge in [-0.25, -0.2) is 0 Å². The Labute approximate surface area is 140 Å². The molecule has 5 rings (SSSR count). The second kappa shape index (κ2) is 4.72. The Hall–Kier alpha value is -2.56. The first-order chi connectivity index (χ1) is 11.7. The summed E-state index contributed by atoms with van der Waals surface area (Å²) >= 11 is 0. The Bertz CT molecular complexity index is 852. The molecule has 5 heteroatoms. The Balaban J connectivity index is 1.46. The van der Waals surface area contributed by atoms with Crippen LogP contribution in [0.1, 0.15) is 46.8 Å². The highest BCUT2D eigenvalue weighted by Gasteiger charge is 2.52. The van der Waals surface area contributed by atoms with Crippen molar-refractivity contribution in [1.29, 1.82) is 0 Å². The molecule has 2 fully saturated rings. The van der Waals surface area contributed by atoms with Crippen molar-refractivity contribution < 1.29 is 9.59 Å². The van der Waals surface area contributed by atoms with Crippen LogP contribution in [-0.2, 0) is 10.2 Å². The van der Waals surface area contributed by atoms with Crippen molar-refractivity contribution in [2.24, 2.45) is 0 Å². The third kappa shape index (κ3) is 1.81. The van der Waals surface area contributed by atoms with Gasteiger partial charge in [0.25, 0.3) is 5.91 Å². The number of aromatic nitrogens is 1. The molecule has 3 heterocycles. The summed E-state index contributed by atoms with van der Waals surface area (Å²) in [4.78, 5) is 30.7. The van der Waals surface area contributed by atoms with E-state index in [1.54, 1.807) is 0 Å². The monoisotopic (exact) mass is 321 g/mol. The van der Waals surface area contributed by atoms with Crippen LogP contribution in [0.25, 0.3) is 0 Å². The van der Waals surface area contributed by atoms with Crippen LogP contribution >= 0.6 is 0 Å². The minimum absolute atomic E-state index is 0.0236. The lowest BCUT2D eigenvalue weighted by Crippen LogP contribution is -2.39. The fraction of sp³-hybridized carbons (Fsp3) is 0.368. The number of carbonyl (C=O) groups is 2. The maximum atomic E-state index is 13.0. The van der Waals surface area contributed by atoms with Gasteiger partial charge in [-0.05, 0) is 42.9 Å². The maximum absolute atomic E-state index is 13.0. The van der Waals surface area contributed by atoms with Gasteiger partial charge in [-0.2, -0.15) is 0 Å². The molecule has 1 aromatic carbocycles. The van der Waals surface area contributed by atoms with Crippen LogP contribution in [0.5, 0.6) is 0 Å². The first-order valence-electron chi connectivity index (χ1n) is 8.56. The molecule has 3 aliphatic rings. The highest BCUT2D eigenvalue weighted by molar-refractivity contribution is 6.07. The number of para-hydroxylation sites is 1. The number of aromatic amines is 1. The molecule has 2 amide bonds. The van der Waals surface area contributed by atoms with Gasteiger partial charge >= 0.3 is 0 Å². The van der Waals surface area contributed by atoms with E-state index in [-0.39, 0.29) is 11.8 Å². The number of hydrogen-bond acceptors (Lipinski definition) is 2. The molecule has 0 bridgehead atoms. The summed E-state index contributed by atoms with van der Waals surface area (Å²) in [6, 6.07) is 9.71. The lowest BCUT2D eigenvalue weighted by molar-refractivity contribution is -0.120. The Kier molecular flexibility index (Phi) is 2.72. The zero-order chi connectivity index (χ0) is 16.3. The van der Waals surface area contributed by atoms with Crippen LogP contribution in [0, 0.1) is 0 Å². The van der Waals surface area contributed by atoms with Gasteiger partial charge in [-0.15, -0.1) is 0 Å². The number of amides is 2. The molecule has 2 aromatic rings. The Morgan fingerprint density at radius 2 is 2.04 bits per heavy atom. The number of likely N-dealkylation sites (tertiary alicyclic amines) is 1. The molecular weight excluding hydrogens is 302 g/mol. The molecule has 1 saturated heterocycles. The van der Waals surface area contributed by atoms with Crippen LogP contribution in [0.15, 0.2) is 36.5 Å². The van der Waals surface area contributed by atoms with E-state index in [9.17, 15) is 9.59 Å². The number of rotatable bonds is 2. The van der Waals surface area contributed by atoms with Crippen molar-refractivity contribution in [3.63, 3.8) is 0 Å². The molecule has 1 aliphatic carbocycles. The largest absolute Gasteiger partial charge is 0.364 e. The number of hydrogen-bond donors (Lipinski definition) is 2. The maximum Gasteiger partial charge on any atom is 0.255 e. The summed E-state index contributed by atoms with van der Waals surface area (Å²) < 4.78 is 0. The molecule has 2 aliphatic heterocycles. The molecule has 2 N–H and O–H groups in total. The van der Waals surface area contributed by atoms with Crippen molar-refractivity contribution >= 4 is 17.5 Å². The van der Waals surface area contributed by atoms with Crippen LogP contribution in [-0.4, -0.2) is 34.8 Å². The van der Waals surface area contributed by atoms with Crippen LogP contribution in [0.2, 0.25) is 0 Å². The summed E-state index contributed by atoms with van der Waals surface area (Å²) in [5, 5.41) is 2.98. The Morgan fingerprint density at radius 3 is 2.88 bits per heavy atom. The van der Waals surface area contributed by atoms with E-state index in [2.05, 4.69) is 10.3 Å². The number of anilines is 1. The van der Waals surface area contributed by atoms with Crippen LogP contribution in [0.4, 0.5) is 5.69 Å². The second-order valence-electron chi connectivity index (χ2n) is 7.14. The van der Waals surface area contributed by atoms with E-state index in [0.717, 1.165) is 35.3 Å². The SMILES string of the molecule is O=C(c1cc[nH]c1C1CC1)N1CCC2(C1)C(=O)Nc1ccccc12. The van der Waals surface area contributed by atoms with Crippen molar-refractivity contribution in [3.05, 3.63) is 53.3 Å². The minimum atomic E-state index is -0.581. The zero-order valence-corrected chi connectivity index (χ0v) is 13.3. The first kappa shape index (κ1) is 13.8. The molecule has 1 aromatic heterocycles. The fourth-order valence-corrected chi connectivity index (χ4v) is 4.21. The molecule has 1 unspecified atom stereocenters. The van der Waals surface area contributed by atoms with Crippen LogP contribution in [0.3, 0.4) is 0 Å². The van der Waals surface area contributed by atoms with Crippen molar-refractivity contribution in [1.82, 2.24) is 9.88 Å². The highest BCUT2D eigenvalue weighted by atomic mass is 16.2. The molecular formula is C19H19N3O2. The average Bonchev–Trinajstić information content (AvgIpc) is 3.07. The van der Waals surface area contributed by atoms with Gasteiger partial charge in [-0.1, -0.05) is 18.2 Å². The molecule has 122 valence electrons. The summed E-state index contributed by atoms with van der Waals surface area (Å²) in [6.07, 6.45) is 4.84. The third-order valence-corrected chi connectivity index (χ3v) is 5.68. The summed E-state index contributed by atoms with van der Waals surface area (Å²) in [7, 11) is 0. The van der Waals surface area contributed by atoms with Gasteiger partial charge in [-0.3, -0.25) is 9.59 Å². The van der Waals surface area contributed by atoms with E-state index in [4.69, 9.17) is 0 Å². The molecule has 5 nitrogen and oxygen atoms in total. The fourth-order valence-electron chi connectivity index (χ4n) is 4.21. The van der Waals surface area contributed by atoms with E-state index in [0.29, 0.717) is 25.4 Å². The highest BCUT2D eigenvalue weighted by Crippen LogP contribution is 2.45. The molecule has 0 radical (unpaired) electrons. The van der Waals surface area contributed by atoms with E-state index in [1.807, 2.05) is 41.4 Å². The molecule has 24 heavy (non-hydrogen) atoms. The number of nitrogens with one attached hydrogen (secondary N) is 2. The van der Waals surface area contributed by atoms with E-state index >= 15 is 0 Å². The van der Waals surface area contributed by atoms with Crippen molar-refractivity contribution in [2.75, 3.05) is 18.4 Å². The van der Waals surface area contributed by atoms with Gasteiger partial charge in [0.2, 0.25) is 5.91 Å². The second-order valence-corrected chi connectivity index (χ2v) is 7.14. The quantitative estimate of drug-likeness (QED) is 0.893. The lowest BCUT2D eigenvalue weighted by Gasteiger charge is -2.22. The molecule has 1 atom stereocenters. The minimum Gasteiger partial charge on any atom is -0.364 e. The number of fused-ring (bicyclic) bond motifs is 2. The number of nitrogens with zero attached hydrogens (tertiary/aromatic N) is 1. The lowest BCUT2D eigenvalue weighted by atomic mass is 9.81. The van der Waals surface area contributed by atoms with E-state index in [1.165, 1.54) is 0 Å². The number of carbonyl (C=O) groups excluding carboxylic acids is 2. The van der Waals surface area contributed by atoms with Gasteiger partial charge < -0.3 is 15.2 Å². The van der Waals surface area contributed by atoms with Gasteiger partial charge in [0.05, 0.1) is 11.0 Å². The summed E-state index contributed by atoms with van der Waals surface area (Å²) in [6.45, 7) is 1.08. The zero-order valence-electron chi connectivity index (χ0n) is 13.3. The topological polar surface area (TPSA) is 65.2 Å². The standard InChI is InChI=1S/C19H19N3O2/c23-17(13-7-9-20-16(13)12-5-6-12)22-10-8-19(11-22)14-3-1-2-4-15(14)21-18(19)24/h1-4,7,9,12,20H,5-6,8,10-11H2,(H,21,24). The number of H-pyrrole nitrogens is 1. The van der Waals surface area contributed by atoms with Gasteiger partial charge in [0.1, 0.15) is 0 Å². The third-order valence-electron chi connectivity index (χ3n) is 5.68. The van der Waals surface area contributed by atoms with E-state index < -0.39 is 5.41 Å². The predicted octanol–water partition coefficient (Wildman–Crippen LogP) is 2.63. The normalized spacial score (nSPS) is 25.2. The van der Waals surface area contributed by atoms with Crippen LogP contribution < -0.4 is 5.32 Å². The molecule has 1 saturated carbocycles. The van der Waals surface area contributed by atoms with Gasteiger partial charge in [0.15, 0.2) is 0 Å². The molecule has 1 spiro atoms. The summed E-state index contributed by atoms with van der Waals surface area (Å²) in [5.74, 6) is 0.578. The Morgan fingerprint density at radius 1 is 1.21 bits per heavy atom. The summed E-state index contributed by atoms with van der Waals surface area (Å²) in [5.41, 5.74) is 3.18. The smallest absolute Gasteiger partial charge is 0.255 e.